The average Bonchev–Trinajstić information content (AvgIpc) is 3.09. The molecule has 0 spiro atoms. The second-order valence-corrected chi connectivity index (χ2v) is 5.46. The highest BCUT2D eigenvalue weighted by Gasteiger charge is 2.17. The molecule has 2 aromatic rings. The maximum atomic E-state index is 10.9. The van der Waals surface area contributed by atoms with Gasteiger partial charge >= 0.3 is 5.97 Å². The summed E-state index contributed by atoms with van der Waals surface area (Å²) in [4.78, 5) is 10.9. The van der Waals surface area contributed by atoms with Gasteiger partial charge in [-0.1, -0.05) is 13.3 Å². The lowest BCUT2D eigenvalue weighted by atomic mass is 10.2. The van der Waals surface area contributed by atoms with Crippen molar-refractivity contribution in [1.82, 2.24) is 14.3 Å². The molecule has 0 bridgehead atoms. The lowest BCUT2D eigenvalue weighted by molar-refractivity contribution is -0.138. The predicted molar refractivity (Wildman–Crippen MR) is 83.1 cm³/mol. The number of hydrogen-bond donors (Lipinski definition) is 2. The van der Waals surface area contributed by atoms with Crippen LogP contribution in [0.2, 0.25) is 0 Å². The molecule has 0 saturated heterocycles. The van der Waals surface area contributed by atoms with Gasteiger partial charge in [0.1, 0.15) is 17.6 Å². The first-order valence-corrected chi connectivity index (χ1v) is 7.61. The Morgan fingerprint density at radius 1 is 1.59 bits per heavy atom. The first kappa shape index (κ1) is 16.4. The molecular weight excluding hydrogens is 304 g/mol. The monoisotopic (exact) mass is 324 g/mol. The zero-order valence-electron chi connectivity index (χ0n) is 12.4. The van der Waals surface area contributed by atoms with E-state index < -0.39 is 12.0 Å². The summed E-state index contributed by atoms with van der Waals surface area (Å²) >= 11 is 5.41. The molecule has 120 valence electrons. The maximum Gasteiger partial charge on any atom is 0.322 e. The third-order valence-corrected chi connectivity index (χ3v) is 3.77. The molecule has 7 nitrogen and oxygen atoms in total. The average molecular weight is 324 g/mol. The highest BCUT2D eigenvalue weighted by molar-refractivity contribution is 7.71. The van der Waals surface area contributed by atoms with Crippen molar-refractivity contribution in [1.29, 1.82) is 0 Å². The number of unbranched alkanes of at least 4 members (excludes halogenated alkanes) is 1. The fourth-order valence-electron chi connectivity index (χ4n) is 2.11. The Kier molecular flexibility index (Phi) is 5.51. The molecule has 8 heteroatoms. The van der Waals surface area contributed by atoms with E-state index in [-0.39, 0.29) is 6.54 Å². The Hall–Kier alpha value is -1.93. The molecule has 2 aromatic heterocycles. The minimum Gasteiger partial charge on any atom is -0.480 e. The van der Waals surface area contributed by atoms with Crippen molar-refractivity contribution in [2.75, 3.05) is 0 Å². The zero-order valence-corrected chi connectivity index (χ0v) is 13.3. The normalized spacial score (nSPS) is 12.5. The maximum absolute atomic E-state index is 10.9. The van der Waals surface area contributed by atoms with E-state index >= 15 is 0 Å². The van der Waals surface area contributed by atoms with Crippen LogP contribution >= 0.6 is 12.2 Å². The molecule has 2 heterocycles. The SMILES string of the molecule is CCCCc1nn(C[C@H](N)C(=O)O)c(=S)n1Cc1ccco1. The van der Waals surface area contributed by atoms with Crippen molar-refractivity contribution >= 4 is 18.2 Å². The highest BCUT2D eigenvalue weighted by atomic mass is 32.1. The molecule has 22 heavy (non-hydrogen) atoms. The van der Waals surface area contributed by atoms with Crippen LogP contribution in [-0.2, 0) is 24.3 Å². The molecule has 0 radical (unpaired) electrons. The van der Waals surface area contributed by atoms with Gasteiger partial charge in [0.2, 0.25) is 0 Å². The quantitative estimate of drug-likeness (QED) is 0.718. The molecule has 2 rings (SSSR count). The smallest absolute Gasteiger partial charge is 0.322 e. The van der Waals surface area contributed by atoms with Crippen LogP contribution < -0.4 is 5.73 Å². The molecule has 0 amide bonds. The van der Waals surface area contributed by atoms with Gasteiger partial charge in [-0.2, -0.15) is 5.10 Å². The second kappa shape index (κ2) is 7.37. The number of carboxylic acid groups (broad SMARTS) is 1. The zero-order chi connectivity index (χ0) is 16.1. The van der Waals surface area contributed by atoms with E-state index in [1.165, 1.54) is 4.68 Å². The first-order chi connectivity index (χ1) is 10.5. The van der Waals surface area contributed by atoms with Gasteiger partial charge in [0, 0.05) is 6.42 Å². The number of aliphatic carboxylic acids is 1. The Morgan fingerprint density at radius 2 is 2.36 bits per heavy atom. The number of nitrogens with two attached hydrogens (primary N) is 1. The Labute approximate surface area is 133 Å². The summed E-state index contributed by atoms with van der Waals surface area (Å²) in [6, 6.07) is 2.65. The van der Waals surface area contributed by atoms with Crippen LogP contribution in [0.3, 0.4) is 0 Å². The van der Waals surface area contributed by atoms with Gasteiger partial charge in [-0.25, -0.2) is 4.68 Å². The topological polar surface area (TPSA) is 99.2 Å². The van der Waals surface area contributed by atoms with E-state index in [1.54, 1.807) is 6.26 Å². The molecule has 1 atom stereocenters. The van der Waals surface area contributed by atoms with Gasteiger partial charge in [0.05, 0.1) is 19.4 Å². The number of rotatable bonds is 8. The predicted octanol–water partition coefficient (Wildman–Crippen LogP) is 1.81. The van der Waals surface area contributed by atoms with Gasteiger partial charge in [-0.15, -0.1) is 0 Å². The van der Waals surface area contributed by atoms with Crippen molar-refractivity contribution in [2.45, 2.75) is 45.3 Å². The summed E-state index contributed by atoms with van der Waals surface area (Å²) in [5, 5.41) is 13.4. The lowest BCUT2D eigenvalue weighted by Gasteiger charge is -2.05. The third kappa shape index (κ3) is 3.83. The van der Waals surface area contributed by atoms with Crippen LogP contribution in [0.1, 0.15) is 31.4 Å². The fourth-order valence-corrected chi connectivity index (χ4v) is 2.39. The molecule has 0 saturated carbocycles. The largest absolute Gasteiger partial charge is 0.480 e. The minimum absolute atomic E-state index is 0.0540. The van der Waals surface area contributed by atoms with E-state index in [9.17, 15) is 4.79 Å². The lowest BCUT2D eigenvalue weighted by Crippen LogP contribution is -2.35. The molecule has 0 fully saturated rings. The van der Waals surface area contributed by atoms with Crippen molar-refractivity contribution in [3.05, 3.63) is 34.8 Å². The standard InChI is InChI=1S/C14H20N4O3S/c1-2-3-6-12-16-18(9-11(15)13(19)20)14(22)17(12)8-10-5-4-7-21-10/h4-5,7,11H,2-3,6,8-9,15H2,1H3,(H,19,20)/t11-/m0/s1. The molecule has 0 aromatic carbocycles. The van der Waals surface area contributed by atoms with Crippen LogP contribution in [0.4, 0.5) is 0 Å². The van der Waals surface area contributed by atoms with Gasteiger partial charge < -0.3 is 15.3 Å². The first-order valence-electron chi connectivity index (χ1n) is 7.20. The molecule has 0 aliphatic heterocycles. The number of hydrogen-bond acceptors (Lipinski definition) is 5. The van der Waals surface area contributed by atoms with Gasteiger partial charge in [0.25, 0.3) is 0 Å². The summed E-state index contributed by atoms with van der Waals surface area (Å²) in [6.07, 6.45) is 4.40. The van der Waals surface area contributed by atoms with E-state index in [0.29, 0.717) is 11.3 Å². The van der Waals surface area contributed by atoms with Crippen molar-refractivity contribution < 1.29 is 14.3 Å². The highest BCUT2D eigenvalue weighted by Crippen LogP contribution is 2.11. The van der Waals surface area contributed by atoms with E-state index in [2.05, 4.69) is 12.0 Å². The number of aryl methyl sites for hydroxylation is 1. The fraction of sp³-hybridized carbons (Fsp3) is 0.500. The van der Waals surface area contributed by atoms with Crippen LogP contribution in [0.15, 0.2) is 22.8 Å². The Balaban J connectivity index is 2.30. The Bertz CT molecular complexity index is 675. The summed E-state index contributed by atoms with van der Waals surface area (Å²) in [6.45, 7) is 2.63. The third-order valence-electron chi connectivity index (χ3n) is 3.33. The number of carboxylic acids is 1. The van der Waals surface area contributed by atoms with E-state index in [4.69, 9.17) is 27.5 Å². The molecule has 0 unspecified atom stereocenters. The summed E-state index contributed by atoms with van der Waals surface area (Å²) < 4.78 is 9.18. The summed E-state index contributed by atoms with van der Waals surface area (Å²) in [5.74, 6) is 0.523. The van der Waals surface area contributed by atoms with Gasteiger partial charge in [-0.3, -0.25) is 9.36 Å². The van der Waals surface area contributed by atoms with Crippen molar-refractivity contribution in [3.63, 3.8) is 0 Å². The molecular formula is C14H20N4O3S. The van der Waals surface area contributed by atoms with Crippen LogP contribution in [0, 0.1) is 4.77 Å². The number of carbonyl (C=O) groups is 1. The minimum atomic E-state index is -1.07. The van der Waals surface area contributed by atoms with Crippen LogP contribution in [-0.4, -0.2) is 31.5 Å². The molecule has 3 N–H and O–H groups in total. The summed E-state index contributed by atoms with van der Waals surface area (Å²) in [5.41, 5.74) is 5.58. The van der Waals surface area contributed by atoms with Crippen molar-refractivity contribution in [3.8, 4) is 0 Å². The second-order valence-electron chi connectivity index (χ2n) is 5.09. The number of furan rings is 1. The Morgan fingerprint density at radius 3 is 2.95 bits per heavy atom. The summed E-state index contributed by atoms with van der Waals surface area (Å²) in [7, 11) is 0. The van der Waals surface area contributed by atoms with Gasteiger partial charge in [-0.05, 0) is 30.8 Å². The molecule has 0 aliphatic rings. The van der Waals surface area contributed by atoms with Gasteiger partial charge in [0.15, 0.2) is 4.77 Å². The van der Waals surface area contributed by atoms with Crippen molar-refractivity contribution in [2.24, 2.45) is 5.73 Å². The van der Waals surface area contributed by atoms with Crippen LogP contribution in [0.5, 0.6) is 0 Å². The van der Waals surface area contributed by atoms with E-state index in [0.717, 1.165) is 30.8 Å². The molecule has 0 aliphatic carbocycles. The number of nitrogens with zero attached hydrogens (tertiary/aromatic N) is 3. The van der Waals surface area contributed by atoms with Crippen LogP contribution in [0.25, 0.3) is 0 Å². The number of aromatic nitrogens is 3. The van der Waals surface area contributed by atoms with E-state index in [1.807, 2.05) is 16.7 Å².